The second kappa shape index (κ2) is 5.65. The van der Waals surface area contributed by atoms with Crippen molar-refractivity contribution in [1.82, 2.24) is 5.32 Å². The zero-order valence-corrected chi connectivity index (χ0v) is 10.0. The molecule has 1 N–H and O–H groups in total. The monoisotopic (exact) mass is 241 g/mol. The van der Waals surface area contributed by atoms with Gasteiger partial charge in [0, 0.05) is 5.02 Å². The van der Waals surface area contributed by atoms with E-state index in [0.29, 0.717) is 17.4 Å². The van der Waals surface area contributed by atoms with Gasteiger partial charge in [-0.15, -0.1) is 0 Å². The summed E-state index contributed by atoms with van der Waals surface area (Å²) in [7, 11) is 0. The van der Waals surface area contributed by atoms with Crippen molar-refractivity contribution in [3.8, 4) is 0 Å². The number of benzene rings is 1. The molecule has 0 bridgehead atoms. The highest BCUT2D eigenvalue weighted by Gasteiger charge is 2.19. The number of rotatable bonds is 3. The summed E-state index contributed by atoms with van der Waals surface area (Å²) in [4.78, 5) is 0. The standard InChI is InChI=1S/C13H17ClFN/c14-12-5-3-11(4-6-12)13(15)8-10-2-1-7-16-9-10/h3-6,10,13,16H,1-2,7-9H2. The molecule has 0 aromatic heterocycles. The van der Waals surface area contributed by atoms with Crippen molar-refractivity contribution < 1.29 is 4.39 Å². The SMILES string of the molecule is FC(CC1CCCNC1)c1ccc(Cl)cc1. The molecular weight excluding hydrogens is 225 g/mol. The Labute approximate surface area is 101 Å². The summed E-state index contributed by atoms with van der Waals surface area (Å²) in [6.07, 6.45) is 2.07. The zero-order valence-electron chi connectivity index (χ0n) is 9.26. The van der Waals surface area contributed by atoms with E-state index in [9.17, 15) is 4.39 Å². The summed E-state index contributed by atoms with van der Waals surface area (Å²) in [6.45, 7) is 2.03. The van der Waals surface area contributed by atoms with Crippen LogP contribution in [0.4, 0.5) is 4.39 Å². The predicted octanol–water partition coefficient (Wildman–Crippen LogP) is 3.74. The fourth-order valence-corrected chi connectivity index (χ4v) is 2.35. The molecule has 1 heterocycles. The Morgan fingerprint density at radius 3 is 2.75 bits per heavy atom. The number of nitrogens with one attached hydrogen (secondary N) is 1. The minimum atomic E-state index is -0.859. The van der Waals surface area contributed by atoms with Crippen molar-refractivity contribution in [3.63, 3.8) is 0 Å². The van der Waals surface area contributed by atoms with Gasteiger partial charge >= 0.3 is 0 Å². The smallest absolute Gasteiger partial charge is 0.125 e. The van der Waals surface area contributed by atoms with Crippen molar-refractivity contribution in [2.45, 2.75) is 25.4 Å². The first-order valence-corrected chi connectivity index (χ1v) is 6.24. The number of piperidine rings is 1. The molecular formula is C13H17ClFN. The highest BCUT2D eigenvalue weighted by Crippen LogP contribution is 2.28. The molecule has 88 valence electrons. The normalized spacial score (nSPS) is 23.0. The molecule has 0 spiro atoms. The second-order valence-electron chi connectivity index (χ2n) is 4.47. The molecule has 0 aliphatic carbocycles. The summed E-state index contributed by atoms with van der Waals surface area (Å²) in [5.41, 5.74) is 0.745. The summed E-state index contributed by atoms with van der Waals surface area (Å²) >= 11 is 5.78. The molecule has 1 aromatic rings. The highest BCUT2D eigenvalue weighted by atomic mass is 35.5. The zero-order chi connectivity index (χ0) is 11.4. The van der Waals surface area contributed by atoms with Gasteiger partial charge in [-0.2, -0.15) is 0 Å². The van der Waals surface area contributed by atoms with Crippen LogP contribution in [0, 0.1) is 5.92 Å². The lowest BCUT2D eigenvalue weighted by Gasteiger charge is -2.24. The van der Waals surface area contributed by atoms with Gasteiger partial charge in [-0.3, -0.25) is 0 Å². The van der Waals surface area contributed by atoms with Crippen LogP contribution in [0.1, 0.15) is 31.0 Å². The van der Waals surface area contributed by atoms with Gasteiger partial charge in [-0.05, 0) is 56.0 Å². The third-order valence-corrected chi connectivity index (χ3v) is 3.42. The first kappa shape index (κ1) is 11.9. The van der Waals surface area contributed by atoms with E-state index in [1.807, 2.05) is 0 Å². The summed E-state index contributed by atoms with van der Waals surface area (Å²) in [6, 6.07) is 7.07. The minimum Gasteiger partial charge on any atom is -0.316 e. The van der Waals surface area contributed by atoms with Gasteiger partial charge in [0.1, 0.15) is 6.17 Å². The average Bonchev–Trinajstić information content (AvgIpc) is 2.31. The van der Waals surface area contributed by atoms with Crippen LogP contribution in [0.25, 0.3) is 0 Å². The second-order valence-corrected chi connectivity index (χ2v) is 4.90. The maximum atomic E-state index is 14.0. The van der Waals surface area contributed by atoms with Crippen molar-refractivity contribution >= 4 is 11.6 Å². The van der Waals surface area contributed by atoms with Crippen molar-refractivity contribution in [3.05, 3.63) is 34.9 Å². The highest BCUT2D eigenvalue weighted by molar-refractivity contribution is 6.30. The molecule has 2 unspecified atom stereocenters. The molecule has 2 atom stereocenters. The Bertz CT molecular complexity index is 319. The largest absolute Gasteiger partial charge is 0.316 e. The van der Waals surface area contributed by atoms with Crippen molar-refractivity contribution in [1.29, 1.82) is 0 Å². The molecule has 1 nitrogen and oxygen atoms in total. The van der Waals surface area contributed by atoms with Gasteiger partial charge in [-0.1, -0.05) is 23.7 Å². The molecule has 2 rings (SSSR count). The lowest BCUT2D eigenvalue weighted by molar-refractivity contribution is 0.243. The van der Waals surface area contributed by atoms with Gasteiger partial charge in [-0.25, -0.2) is 4.39 Å². The molecule has 0 amide bonds. The van der Waals surface area contributed by atoms with Crippen LogP contribution in [0.3, 0.4) is 0 Å². The molecule has 16 heavy (non-hydrogen) atoms. The van der Waals surface area contributed by atoms with E-state index in [1.165, 1.54) is 0 Å². The van der Waals surface area contributed by atoms with Crippen molar-refractivity contribution in [2.75, 3.05) is 13.1 Å². The lowest BCUT2D eigenvalue weighted by atomic mass is 9.92. The van der Waals surface area contributed by atoms with Crippen LogP contribution < -0.4 is 5.32 Å². The maximum absolute atomic E-state index is 14.0. The topological polar surface area (TPSA) is 12.0 Å². The van der Waals surface area contributed by atoms with Gasteiger partial charge < -0.3 is 5.32 Å². The maximum Gasteiger partial charge on any atom is 0.125 e. The summed E-state index contributed by atoms with van der Waals surface area (Å²) in [5, 5.41) is 3.98. The van der Waals surface area contributed by atoms with Crippen LogP contribution in [0.15, 0.2) is 24.3 Å². The first-order chi connectivity index (χ1) is 7.75. The van der Waals surface area contributed by atoms with Crippen LogP contribution >= 0.6 is 11.6 Å². The minimum absolute atomic E-state index is 0.472. The summed E-state index contributed by atoms with van der Waals surface area (Å²) in [5.74, 6) is 0.472. The molecule has 1 aromatic carbocycles. The average molecular weight is 242 g/mol. The van der Waals surface area contributed by atoms with E-state index in [0.717, 1.165) is 31.5 Å². The number of halogens is 2. The Kier molecular flexibility index (Phi) is 4.19. The number of hydrogen-bond acceptors (Lipinski definition) is 1. The number of hydrogen-bond donors (Lipinski definition) is 1. The Hall–Kier alpha value is -0.600. The van der Waals surface area contributed by atoms with Crippen LogP contribution in [0.5, 0.6) is 0 Å². The molecule has 1 aliphatic heterocycles. The van der Waals surface area contributed by atoms with E-state index in [2.05, 4.69) is 5.32 Å². The molecule has 1 fully saturated rings. The third-order valence-electron chi connectivity index (χ3n) is 3.17. The quantitative estimate of drug-likeness (QED) is 0.850. The fourth-order valence-electron chi connectivity index (χ4n) is 2.23. The van der Waals surface area contributed by atoms with Crippen molar-refractivity contribution in [2.24, 2.45) is 5.92 Å². The van der Waals surface area contributed by atoms with E-state index >= 15 is 0 Å². The van der Waals surface area contributed by atoms with Gasteiger partial charge in [0.05, 0.1) is 0 Å². The Morgan fingerprint density at radius 1 is 1.38 bits per heavy atom. The lowest BCUT2D eigenvalue weighted by Crippen LogP contribution is -2.30. The van der Waals surface area contributed by atoms with E-state index < -0.39 is 6.17 Å². The van der Waals surface area contributed by atoms with Crippen LogP contribution in [0.2, 0.25) is 5.02 Å². The van der Waals surface area contributed by atoms with Crippen LogP contribution in [-0.4, -0.2) is 13.1 Å². The number of alkyl halides is 1. The van der Waals surface area contributed by atoms with Gasteiger partial charge in [0.25, 0.3) is 0 Å². The molecule has 0 saturated carbocycles. The van der Waals surface area contributed by atoms with Gasteiger partial charge in [0.15, 0.2) is 0 Å². The Morgan fingerprint density at radius 2 is 2.12 bits per heavy atom. The molecule has 1 saturated heterocycles. The Balaban J connectivity index is 1.91. The first-order valence-electron chi connectivity index (χ1n) is 5.86. The van der Waals surface area contributed by atoms with Crippen LogP contribution in [-0.2, 0) is 0 Å². The molecule has 3 heteroatoms. The predicted molar refractivity (Wildman–Crippen MR) is 65.5 cm³/mol. The fraction of sp³-hybridized carbons (Fsp3) is 0.538. The van der Waals surface area contributed by atoms with E-state index in [-0.39, 0.29) is 0 Å². The van der Waals surface area contributed by atoms with E-state index in [4.69, 9.17) is 11.6 Å². The third kappa shape index (κ3) is 3.19. The summed E-state index contributed by atoms with van der Waals surface area (Å²) < 4.78 is 14.0. The molecule has 0 radical (unpaired) electrons. The molecule has 1 aliphatic rings. The van der Waals surface area contributed by atoms with E-state index in [1.54, 1.807) is 24.3 Å². The van der Waals surface area contributed by atoms with Gasteiger partial charge in [0.2, 0.25) is 0 Å².